The van der Waals surface area contributed by atoms with Crippen LogP contribution in [0.15, 0.2) is 61.2 Å². The number of pyridine rings is 1. The fourth-order valence-electron chi connectivity index (χ4n) is 3.47. The highest BCUT2D eigenvalue weighted by Crippen LogP contribution is 2.18. The van der Waals surface area contributed by atoms with Gasteiger partial charge in [0.25, 0.3) is 5.91 Å². The number of ether oxygens (including phenoxy) is 1. The lowest BCUT2D eigenvalue weighted by Crippen LogP contribution is -2.25. The standard InChI is InChI=1S/C24H24N4O2/c29-24(26-12-2-5-20-10-15-30-18-20)22-8-9-23(28-14-3-13-27-28)21(16-22)7-6-19-4-1-11-25-17-19/h1,3-4,8-9,11,13-14,16-17,20H,2,5,10,12,15,18H2,(H,26,29)/t20-/m1/s1. The van der Waals surface area contributed by atoms with Gasteiger partial charge in [-0.1, -0.05) is 11.8 Å². The molecule has 1 aliphatic heterocycles. The zero-order chi connectivity index (χ0) is 20.6. The number of hydrogen-bond acceptors (Lipinski definition) is 4. The van der Waals surface area contributed by atoms with Gasteiger partial charge < -0.3 is 10.1 Å². The second-order valence-electron chi connectivity index (χ2n) is 7.30. The number of nitrogens with zero attached hydrogens (tertiary/aromatic N) is 3. The first kappa shape index (κ1) is 19.9. The number of aromatic nitrogens is 3. The lowest BCUT2D eigenvalue weighted by molar-refractivity contribution is 0.0952. The fourth-order valence-corrected chi connectivity index (χ4v) is 3.47. The molecule has 0 saturated carbocycles. The summed E-state index contributed by atoms with van der Waals surface area (Å²) < 4.78 is 7.15. The van der Waals surface area contributed by atoms with Crippen molar-refractivity contribution in [1.29, 1.82) is 0 Å². The van der Waals surface area contributed by atoms with Crippen LogP contribution in [0.5, 0.6) is 0 Å². The Kier molecular flexibility index (Phi) is 6.53. The Balaban J connectivity index is 1.48. The first-order chi connectivity index (χ1) is 14.8. The van der Waals surface area contributed by atoms with Gasteiger partial charge in [-0.15, -0.1) is 0 Å². The van der Waals surface area contributed by atoms with E-state index in [9.17, 15) is 4.79 Å². The summed E-state index contributed by atoms with van der Waals surface area (Å²) in [5, 5.41) is 7.32. The fraction of sp³-hybridized carbons (Fsp3) is 0.292. The Morgan fingerprint density at radius 3 is 2.97 bits per heavy atom. The highest BCUT2D eigenvalue weighted by molar-refractivity contribution is 5.95. The van der Waals surface area contributed by atoms with Crippen molar-refractivity contribution in [1.82, 2.24) is 20.1 Å². The van der Waals surface area contributed by atoms with E-state index < -0.39 is 0 Å². The molecular weight excluding hydrogens is 376 g/mol. The van der Waals surface area contributed by atoms with Crippen LogP contribution < -0.4 is 5.32 Å². The lowest BCUT2D eigenvalue weighted by Gasteiger charge is -2.10. The number of rotatable bonds is 6. The van der Waals surface area contributed by atoms with Gasteiger partial charge in [-0.25, -0.2) is 4.68 Å². The molecule has 3 heterocycles. The highest BCUT2D eigenvalue weighted by Gasteiger charge is 2.15. The van der Waals surface area contributed by atoms with E-state index in [-0.39, 0.29) is 5.91 Å². The van der Waals surface area contributed by atoms with Crippen molar-refractivity contribution in [2.45, 2.75) is 19.3 Å². The third-order valence-corrected chi connectivity index (χ3v) is 5.11. The molecule has 1 atom stereocenters. The summed E-state index contributed by atoms with van der Waals surface area (Å²) >= 11 is 0. The Bertz CT molecular complexity index is 1030. The summed E-state index contributed by atoms with van der Waals surface area (Å²) in [6.45, 7) is 2.37. The van der Waals surface area contributed by atoms with Crippen molar-refractivity contribution < 1.29 is 9.53 Å². The van der Waals surface area contributed by atoms with Crippen LogP contribution in [0.1, 0.15) is 40.7 Å². The number of carbonyl (C=O) groups is 1. The zero-order valence-corrected chi connectivity index (χ0v) is 16.8. The van der Waals surface area contributed by atoms with Crippen LogP contribution in [0.25, 0.3) is 5.69 Å². The van der Waals surface area contributed by atoms with Gasteiger partial charge in [0.2, 0.25) is 0 Å². The van der Waals surface area contributed by atoms with Crippen molar-refractivity contribution in [3.8, 4) is 17.5 Å². The highest BCUT2D eigenvalue weighted by atomic mass is 16.5. The molecule has 152 valence electrons. The van der Waals surface area contributed by atoms with E-state index >= 15 is 0 Å². The third kappa shape index (κ3) is 5.13. The van der Waals surface area contributed by atoms with Gasteiger partial charge >= 0.3 is 0 Å². The van der Waals surface area contributed by atoms with Gasteiger partial charge in [0.1, 0.15) is 0 Å². The molecule has 0 spiro atoms. The minimum atomic E-state index is -0.0888. The van der Waals surface area contributed by atoms with E-state index in [2.05, 4.69) is 27.2 Å². The predicted molar refractivity (Wildman–Crippen MR) is 114 cm³/mol. The number of nitrogens with one attached hydrogen (secondary N) is 1. The largest absolute Gasteiger partial charge is 0.381 e. The summed E-state index contributed by atoms with van der Waals surface area (Å²) in [5.74, 6) is 6.83. The first-order valence-electron chi connectivity index (χ1n) is 10.2. The smallest absolute Gasteiger partial charge is 0.251 e. The first-order valence-corrected chi connectivity index (χ1v) is 10.2. The van der Waals surface area contributed by atoms with Crippen LogP contribution in [0.3, 0.4) is 0 Å². The van der Waals surface area contributed by atoms with Crippen molar-refractivity contribution in [3.05, 3.63) is 77.9 Å². The molecule has 0 unspecified atom stereocenters. The Morgan fingerprint density at radius 1 is 1.23 bits per heavy atom. The molecule has 30 heavy (non-hydrogen) atoms. The summed E-state index contributed by atoms with van der Waals surface area (Å²) in [7, 11) is 0. The molecule has 0 bridgehead atoms. The van der Waals surface area contributed by atoms with Crippen molar-refractivity contribution in [2.24, 2.45) is 5.92 Å². The number of hydrogen-bond donors (Lipinski definition) is 1. The molecular formula is C24H24N4O2. The summed E-state index contributed by atoms with van der Waals surface area (Å²) in [5.41, 5.74) is 2.97. The van der Waals surface area contributed by atoms with Crippen LogP contribution in [0, 0.1) is 17.8 Å². The van der Waals surface area contributed by atoms with Crippen LogP contribution in [0.2, 0.25) is 0 Å². The van der Waals surface area contributed by atoms with E-state index in [0.29, 0.717) is 18.0 Å². The summed E-state index contributed by atoms with van der Waals surface area (Å²) in [4.78, 5) is 16.7. The van der Waals surface area contributed by atoms with Gasteiger partial charge in [-0.3, -0.25) is 9.78 Å². The monoisotopic (exact) mass is 400 g/mol. The molecule has 1 aromatic carbocycles. The Morgan fingerprint density at radius 2 is 2.20 bits per heavy atom. The molecule has 4 rings (SSSR count). The molecule has 1 amide bonds. The minimum Gasteiger partial charge on any atom is -0.381 e. The normalized spacial score (nSPS) is 15.4. The molecule has 1 fully saturated rings. The average Bonchev–Trinajstić information content (AvgIpc) is 3.50. The SMILES string of the molecule is O=C(NCCC[C@@H]1CCOC1)c1ccc(-n2cccn2)c(C#Cc2cccnc2)c1. The molecule has 0 aliphatic carbocycles. The Labute approximate surface area is 176 Å². The van der Waals surface area contributed by atoms with E-state index in [0.717, 1.165) is 49.3 Å². The summed E-state index contributed by atoms with van der Waals surface area (Å²) in [6.07, 6.45) is 10.2. The molecule has 1 saturated heterocycles. The van der Waals surface area contributed by atoms with Gasteiger partial charge in [0, 0.05) is 55.7 Å². The maximum absolute atomic E-state index is 12.6. The molecule has 0 radical (unpaired) electrons. The van der Waals surface area contributed by atoms with Crippen LogP contribution in [-0.2, 0) is 4.74 Å². The number of benzene rings is 1. The maximum atomic E-state index is 12.6. The predicted octanol–water partition coefficient (Wildman–Crippen LogP) is 3.21. The molecule has 2 aromatic heterocycles. The molecule has 6 heteroatoms. The van der Waals surface area contributed by atoms with E-state index in [1.807, 2.05) is 42.6 Å². The Hall–Kier alpha value is -3.43. The minimum absolute atomic E-state index is 0.0888. The van der Waals surface area contributed by atoms with Crippen molar-refractivity contribution in [3.63, 3.8) is 0 Å². The van der Waals surface area contributed by atoms with Crippen molar-refractivity contribution in [2.75, 3.05) is 19.8 Å². The number of amides is 1. The van der Waals surface area contributed by atoms with E-state index in [1.165, 1.54) is 0 Å². The van der Waals surface area contributed by atoms with Crippen molar-refractivity contribution >= 4 is 5.91 Å². The zero-order valence-electron chi connectivity index (χ0n) is 16.8. The topological polar surface area (TPSA) is 69.0 Å². The quantitative estimate of drug-likeness (QED) is 0.510. The van der Waals surface area contributed by atoms with Crippen LogP contribution in [0.4, 0.5) is 0 Å². The molecule has 6 nitrogen and oxygen atoms in total. The molecule has 3 aromatic rings. The molecule has 1 N–H and O–H groups in total. The third-order valence-electron chi connectivity index (χ3n) is 5.11. The number of carbonyl (C=O) groups excluding carboxylic acids is 1. The lowest BCUT2D eigenvalue weighted by atomic mass is 10.0. The second-order valence-corrected chi connectivity index (χ2v) is 7.30. The van der Waals surface area contributed by atoms with Crippen LogP contribution in [-0.4, -0.2) is 40.4 Å². The maximum Gasteiger partial charge on any atom is 0.251 e. The second kappa shape index (κ2) is 9.86. The van der Waals surface area contributed by atoms with E-state index in [4.69, 9.17) is 4.74 Å². The summed E-state index contributed by atoms with van der Waals surface area (Å²) in [6, 6.07) is 11.1. The van der Waals surface area contributed by atoms with Gasteiger partial charge in [-0.2, -0.15) is 5.10 Å². The van der Waals surface area contributed by atoms with Gasteiger partial charge in [0.05, 0.1) is 11.3 Å². The average molecular weight is 400 g/mol. The van der Waals surface area contributed by atoms with Crippen LogP contribution >= 0.6 is 0 Å². The van der Waals surface area contributed by atoms with E-state index in [1.54, 1.807) is 23.3 Å². The van der Waals surface area contributed by atoms with Gasteiger partial charge in [0.15, 0.2) is 0 Å². The van der Waals surface area contributed by atoms with Gasteiger partial charge in [-0.05, 0) is 61.6 Å². The molecule has 1 aliphatic rings.